The zero-order valence-electron chi connectivity index (χ0n) is 17.3. The first-order valence-corrected chi connectivity index (χ1v) is 10.0. The molecule has 0 aliphatic carbocycles. The number of anilines is 1. The molecule has 1 aliphatic heterocycles. The lowest BCUT2D eigenvalue weighted by Gasteiger charge is -2.36. The van der Waals surface area contributed by atoms with Crippen molar-refractivity contribution in [1.29, 1.82) is 0 Å². The van der Waals surface area contributed by atoms with Gasteiger partial charge in [0.1, 0.15) is 0 Å². The fourth-order valence-electron chi connectivity index (χ4n) is 3.96. The van der Waals surface area contributed by atoms with Crippen molar-refractivity contribution in [2.45, 2.75) is 46.4 Å². The van der Waals surface area contributed by atoms with Crippen LogP contribution in [0.15, 0.2) is 42.5 Å². The molecule has 3 N–H and O–H groups in total. The van der Waals surface area contributed by atoms with E-state index in [-0.39, 0.29) is 17.9 Å². The summed E-state index contributed by atoms with van der Waals surface area (Å²) in [6.07, 6.45) is 0.302. The Morgan fingerprint density at radius 1 is 1.00 bits per heavy atom. The predicted molar refractivity (Wildman–Crippen MR) is 116 cm³/mol. The van der Waals surface area contributed by atoms with Gasteiger partial charge in [-0.3, -0.25) is 10.1 Å². The Morgan fingerprint density at radius 3 is 2.52 bits per heavy atom. The normalized spacial score (nSPS) is 21.8. The molecular formula is C23H27N5O. The van der Waals surface area contributed by atoms with Crippen molar-refractivity contribution in [1.82, 2.24) is 20.6 Å². The maximum absolute atomic E-state index is 12.8. The lowest BCUT2D eigenvalue weighted by molar-refractivity contribution is -0.128. The van der Waals surface area contributed by atoms with E-state index in [9.17, 15) is 4.79 Å². The van der Waals surface area contributed by atoms with Crippen LogP contribution >= 0.6 is 0 Å². The fourth-order valence-corrected chi connectivity index (χ4v) is 3.96. The van der Waals surface area contributed by atoms with Gasteiger partial charge in [0.15, 0.2) is 6.29 Å². The summed E-state index contributed by atoms with van der Waals surface area (Å²) in [6.45, 7) is 8.15. The van der Waals surface area contributed by atoms with E-state index in [1.54, 1.807) is 0 Å². The van der Waals surface area contributed by atoms with E-state index in [1.807, 2.05) is 51.1 Å². The van der Waals surface area contributed by atoms with Crippen LogP contribution in [-0.2, 0) is 11.2 Å². The minimum Gasteiger partial charge on any atom is -0.323 e. The van der Waals surface area contributed by atoms with E-state index < -0.39 is 6.29 Å². The van der Waals surface area contributed by atoms with E-state index in [4.69, 9.17) is 0 Å². The van der Waals surface area contributed by atoms with Gasteiger partial charge in [-0.15, -0.1) is 0 Å². The second-order valence-electron chi connectivity index (χ2n) is 7.88. The van der Waals surface area contributed by atoms with Gasteiger partial charge in [0.2, 0.25) is 11.9 Å². The number of amides is 1. The number of hydrogen-bond acceptors (Lipinski definition) is 5. The summed E-state index contributed by atoms with van der Waals surface area (Å²) in [6, 6.07) is 14.3. The van der Waals surface area contributed by atoms with Crippen LogP contribution in [0.3, 0.4) is 0 Å². The van der Waals surface area contributed by atoms with Crippen LogP contribution in [0.1, 0.15) is 29.3 Å². The predicted octanol–water partition coefficient (Wildman–Crippen LogP) is 3.22. The molecule has 3 unspecified atom stereocenters. The number of aromatic nitrogens is 2. The highest BCUT2D eigenvalue weighted by Crippen LogP contribution is 2.22. The number of aryl methyl sites for hydroxylation is 3. The van der Waals surface area contributed by atoms with E-state index in [2.05, 4.69) is 45.0 Å². The highest BCUT2D eigenvalue weighted by atomic mass is 16.2. The number of rotatable bonds is 4. The molecule has 1 fully saturated rings. The van der Waals surface area contributed by atoms with Gasteiger partial charge in [0.25, 0.3) is 0 Å². The first-order chi connectivity index (χ1) is 13.9. The standard InChI is InChI=1S/C23H27N5O/c1-13-8-5-6-10-17(13)12-19-16(4)25-23(27-21(19)29)28-22-24-15(3)18-11-7-9-14(2)20(18)26-22/h5-11,16,19,23,25H,12H2,1-4H3,(H,27,29)(H,24,26,28). The summed E-state index contributed by atoms with van der Waals surface area (Å²) >= 11 is 0. The lowest BCUT2D eigenvalue weighted by atomic mass is 9.89. The van der Waals surface area contributed by atoms with Crippen LogP contribution in [0.5, 0.6) is 0 Å². The maximum atomic E-state index is 12.8. The molecule has 1 aromatic heterocycles. The maximum Gasteiger partial charge on any atom is 0.227 e. The number of hydrogen-bond donors (Lipinski definition) is 3. The zero-order chi connectivity index (χ0) is 20.5. The largest absolute Gasteiger partial charge is 0.323 e. The van der Waals surface area contributed by atoms with Gasteiger partial charge in [-0.05, 0) is 50.8 Å². The first-order valence-electron chi connectivity index (χ1n) is 10.0. The third-order valence-electron chi connectivity index (χ3n) is 5.75. The van der Waals surface area contributed by atoms with Crippen LogP contribution in [0, 0.1) is 26.7 Å². The summed E-state index contributed by atoms with van der Waals surface area (Å²) in [5.41, 5.74) is 5.35. The van der Waals surface area contributed by atoms with Crippen LogP contribution in [0.25, 0.3) is 10.9 Å². The third kappa shape index (κ3) is 3.93. The molecule has 4 rings (SSSR count). The Balaban J connectivity index is 1.50. The number of para-hydroxylation sites is 1. The molecule has 6 nitrogen and oxygen atoms in total. The van der Waals surface area contributed by atoms with Crippen molar-refractivity contribution in [2.24, 2.45) is 5.92 Å². The molecule has 0 bridgehead atoms. The van der Waals surface area contributed by atoms with Crippen molar-refractivity contribution in [3.8, 4) is 0 Å². The van der Waals surface area contributed by atoms with E-state index >= 15 is 0 Å². The molecule has 0 spiro atoms. The molecule has 150 valence electrons. The molecule has 0 radical (unpaired) electrons. The van der Waals surface area contributed by atoms with Gasteiger partial charge in [0, 0.05) is 11.4 Å². The van der Waals surface area contributed by atoms with Gasteiger partial charge >= 0.3 is 0 Å². The summed E-state index contributed by atoms with van der Waals surface area (Å²) in [4.78, 5) is 22.1. The van der Waals surface area contributed by atoms with Crippen LogP contribution < -0.4 is 16.0 Å². The first kappa shape index (κ1) is 19.3. The molecule has 3 atom stereocenters. The van der Waals surface area contributed by atoms with Crippen molar-refractivity contribution in [3.63, 3.8) is 0 Å². The number of nitrogens with one attached hydrogen (secondary N) is 3. The minimum absolute atomic E-state index is 0.0177. The van der Waals surface area contributed by atoms with Crippen molar-refractivity contribution in [3.05, 3.63) is 64.8 Å². The summed E-state index contributed by atoms with van der Waals surface area (Å²) in [5.74, 6) is 0.410. The molecule has 29 heavy (non-hydrogen) atoms. The second-order valence-corrected chi connectivity index (χ2v) is 7.88. The van der Waals surface area contributed by atoms with Crippen molar-refractivity contribution < 1.29 is 4.79 Å². The highest BCUT2D eigenvalue weighted by molar-refractivity contribution is 5.85. The molecule has 1 amide bonds. The molecule has 2 aromatic carbocycles. The average molecular weight is 390 g/mol. The quantitative estimate of drug-likeness (QED) is 0.639. The Labute approximate surface area is 171 Å². The van der Waals surface area contributed by atoms with E-state index in [1.165, 1.54) is 11.1 Å². The molecule has 0 saturated carbocycles. The molecule has 2 heterocycles. The Bertz CT molecular complexity index is 1060. The van der Waals surface area contributed by atoms with Crippen molar-refractivity contribution >= 4 is 22.8 Å². The van der Waals surface area contributed by atoms with Crippen LogP contribution in [0.2, 0.25) is 0 Å². The summed E-state index contributed by atoms with van der Waals surface area (Å²) < 4.78 is 0. The van der Waals surface area contributed by atoms with E-state index in [0.29, 0.717) is 12.4 Å². The van der Waals surface area contributed by atoms with Gasteiger partial charge < -0.3 is 10.6 Å². The fraction of sp³-hybridized carbons (Fsp3) is 0.348. The minimum atomic E-state index is -0.411. The molecule has 1 aliphatic rings. The SMILES string of the molecule is Cc1ccccc1CC1C(=O)NC(Nc2nc(C)c3cccc(C)c3n2)NC1C. The summed E-state index contributed by atoms with van der Waals surface area (Å²) in [7, 11) is 0. The number of carbonyl (C=O) groups excluding carboxylic acids is 1. The highest BCUT2D eigenvalue weighted by Gasteiger charge is 2.34. The molecule has 6 heteroatoms. The Morgan fingerprint density at radius 2 is 1.76 bits per heavy atom. The monoisotopic (exact) mass is 389 g/mol. The van der Waals surface area contributed by atoms with Crippen molar-refractivity contribution in [2.75, 3.05) is 5.32 Å². The topological polar surface area (TPSA) is 78.9 Å². The second kappa shape index (κ2) is 7.79. The smallest absolute Gasteiger partial charge is 0.227 e. The molecule has 3 aromatic rings. The molecular weight excluding hydrogens is 362 g/mol. The summed E-state index contributed by atoms with van der Waals surface area (Å²) in [5, 5.41) is 10.7. The number of carbonyl (C=O) groups is 1. The van der Waals surface area contributed by atoms with E-state index in [0.717, 1.165) is 22.2 Å². The Hall–Kier alpha value is -2.99. The molecule has 1 saturated heterocycles. The number of benzene rings is 2. The Kier molecular flexibility index (Phi) is 5.20. The van der Waals surface area contributed by atoms with Gasteiger partial charge in [-0.1, -0.05) is 42.5 Å². The number of fused-ring (bicyclic) bond motifs is 1. The van der Waals surface area contributed by atoms with Gasteiger partial charge in [0.05, 0.1) is 17.1 Å². The van der Waals surface area contributed by atoms with Crippen LogP contribution in [0.4, 0.5) is 5.95 Å². The average Bonchev–Trinajstić information content (AvgIpc) is 2.67. The zero-order valence-corrected chi connectivity index (χ0v) is 17.3. The van der Waals surface area contributed by atoms with Gasteiger partial charge in [-0.2, -0.15) is 0 Å². The lowest BCUT2D eigenvalue weighted by Crippen LogP contribution is -2.63. The van der Waals surface area contributed by atoms with Gasteiger partial charge in [-0.25, -0.2) is 9.97 Å². The van der Waals surface area contributed by atoms with Crippen LogP contribution in [-0.4, -0.2) is 28.2 Å². The third-order valence-corrected chi connectivity index (χ3v) is 5.75. The number of nitrogens with zero attached hydrogens (tertiary/aromatic N) is 2.